The summed E-state index contributed by atoms with van der Waals surface area (Å²) in [6.07, 6.45) is 3.96. The molecule has 6 nitrogen and oxygen atoms in total. The van der Waals surface area contributed by atoms with Crippen molar-refractivity contribution < 1.29 is 9.59 Å². The Morgan fingerprint density at radius 3 is 2.28 bits per heavy atom. The van der Waals surface area contributed by atoms with Crippen molar-refractivity contribution >= 4 is 29.2 Å². The molecule has 3 rings (SSSR count). The van der Waals surface area contributed by atoms with Gasteiger partial charge in [-0.25, -0.2) is 4.79 Å². The number of carbonyl (C=O) groups is 2. The first-order chi connectivity index (χ1) is 12.1. The van der Waals surface area contributed by atoms with Crippen molar-refractivity contribution in [2.75, 3.05) is 31.5 Å². The van der Waals surface area contributed by atoms with Crippen molar-refractivity contribution in [3.8, 4) is 0 Å². The van der Waals surface area contributed by atoms with Gasteiger partial charge >= 0.3 is 6.03 Å². The first-order valence-corrected chi connectivity index (χ1v) is 8.52. The molecular formula is C18H19ClN4O2. The van der Waals surface area contributed by atoms with Gasteiger partial charge in [0.2, 0.25) is 0 Å². The number of urea groups is 1. The molecule has 1 saturated heterocycles. The van der Waals surface area contributed by atoms with Crippen LogP contribution in [0.25, 0.3) is 0 Å². The summed E-state index contributed by atoms with van der Waals surface area (Å²) in [6.45, 7) is 2.25. The van der Waals surface area contributed by atoms with Crippen LogP contribution in [0.5, 0.6) is 0 Å². The van der Waals surface area contributed by atoms with E-state index in [1.54, 1.807) is 58.6 Å². The van der Waals surface area contributed by atoms with Crippen molar-refractivity contribution in [3.05, 3.63) is 59.4 Å². The summed E-state index contributed by atoms with van der Waals surface area (Å²) in [6, 6.07) is 10.2. The van der Waals surface area contributed by atoms with Gasteiger partial charge < -0.3 is 15.1 Å². The molecular weight excluding hydrogens is 340 g/mol. The number of hydrogen-bond acceptors (Lipinski definition) is 3. The van der Waals surface area contributed by atoms with Gasteiger partial charge in [0.05, 0.1) is 0 Å². The molecule has 2 heterocycles. The minimum atomic E-state index is -0.166. The summed E-state index contributed by atoms with van der Waals surface area (Å²) in [7, 11) is 0. The summed E-state index contributed by atoms with van der Waals surface area (Å²) < 4.78 is 0. The fraction of sp³-hybridized carbons (Fsp3) is 0.278. The van der Waals surface area contributed by atoms with Crippen LogP contribution in [0.3, 0.4) is 0 Å². The second-order valence-electron chi connectivity index (χ2n) is 5.81. The van der Waals surface area contributed by atoms with Gasteiger partial charge in [0, 0.05) is 54.8 Å². The van der Waals surface area contributed by atoms with Crippen LogP contribution in [0.15, 0.2) is 48.8 Å². The van der Waals surface area contributed by atoms with Crippen molar-refractivity contribution in [2.24, 2.45) is 0 Å². The van der Waals surface area contributed by atoms with E-state index in [0.717, 1.165) is 6.42 Å². The smallest absolute Gasteiger partial charge is 0.321 e. The highest BCUT2D eigenvalue weighted by Crippen LogP contribution is 2.15. The molecule has 7 heteroatoms. The summed E-state index contributed by atoms with van der Waals surface area (Å²) in [4.78, 5) is 32.4. The van der Waals surface area contributed by atoms with Crippen LogP contribution in [0, 0.1) is 0 Å². The Kier molecular flexibility index (Phi) is 5.50. The third-order valence-electron chi connectivity index (χ3n) is 4.09. The average molecular weight is 359 g/mol. The normalized spacial score (nSPS) is 14.8. The van der Waals surface area contributed by atoms with Crippen LogP contribution in [0.2, 0.25) is 5.02 Å². The molecule has 0 saturated carbocycles. The van der Waals surface area contributed by atoms with E-state index in [2.05, 4.69) is 10.3 Å². The van der Waals surface area contributed by atoms with Gasteiger partial charge in [-0.1, -0.05) is 11.6 Å². The zero-order chi connectivity index (χ0) is 17.6. The highest BCUT2D eigenvalue weighted by molar-refractivity contribution is 6.30. The minimum absolute atomic E-state index is 0.0256. The Morgan fingerprint density at radius 1 is 0.920 bits per heavy atom. The van der Waals surface area contributed by atoms with E-state index in [1.807, 2.05) is 0 Å². The van der Waals surface area contributed by atoms with Crippen LogP contribution in [0.1, 0.15) is 16.8 Å². The summed E-state index contributed by atoms with van der Waals surface area (Å²) in [5, 5.41) is 3.48. The van der Waals surface area contributed by atoms with Crippen LogP contribution < -0.4 is 5.32 Å². The summed E-state index contributed by atoms with van der Waals surface area (Å²) in [5.41, 5.74) is 1.32. The van der Waals surface area contributed by atoms with Crippen molar-refractivity contribution in [1.29, 1.82) is 0 Å². The molecule has 1 aromatic heterocycles. The highest BCUT2D eigenvalue weighted by atomic mass is 35.5. The fourth-order valence-electron chi connectivity index (χ4n) is 2.74. The molecule has 0 unspecified atom stereocenters. The maximum absolute atomic E-state index is 12.5. The van der Waals surface area contributed by atoms with Gasteiger partial charge in [-0.3, -0.25) is 9.78 Å². The number of halogens is 1. The van der Waals surface area contributed by atoms with Gasteiger partial charge in [-0.2, -0.15) is 0 Å². The highest BCUT2D eigenvalue weighted by Gasteiger charge is 2.22. The monoisotopic (exact) mass is 358 g/mol. The number of aromatic nitrogens is 1. The lowest BCUT2D eigenvalue weighted by molar-refractivity contribution is 0.0762. The number of benzene rings is 1. The molecule has 25 heavy (non-hydrogen) atoms. The van der Waals surface area contributed by atoms with Gasteiger partial charge in [0.1, 0.15) is 0 Å². The first kappa shape index (κ1) is 17.2. The Morgan fingerprint density at radius 2 is 1.56 bits per heavy atom. The van der Waals surface area contributed by atoms with E-state index < -0.39 is 0 Å². The van der Waals surface area contributed by atoms with Crippen LogP contribution >= 0.6 is 11.6 Å². The molecule has 1 N–H and O–H groups in total. The second kappa shape index (κ2) is 7.98. The zero-order valence-corrected chi connectivity index (χ0v) is 14.4. The molecule has 0 bridgehead atoms. The predicted octanol–water partition coefficient (Wildman–Crippen LogP) is 3.12. The first-order valence-electron chi connectivity index (χ1n) is 8.14. The fourth-order valence-corrected chi connectivity index (χ4v) is 2.86. The zero-order valence-electron chi connectivity index (χ0n) is 13.7. The van der Waals surface area contributed by atoms with Crippen molar-refractivity contribution in [1.82, 2.24) is 14.8 Å². The molecule has 130 valence electrons. The number of hydrogen-bond donors (Lipinski definition) is 1. The number of anilines is 1. The van der Waals surface area contributed by atoms with E-state index >= 15 is 0 Å². The number of carbonyl (C=O) groups excluding carboxylic acids is 2. The topological polar surface area (TPSA) is 65.5 Å². The average Bonchev–Trinajstić information content (AvgIpc) is 2.90. The molecule has 1 fully saturated rings. The standard InChI is InChI=1S/C18H19ClN4O2/c19-15-2-4-16(5-3-15)21-18(25)23-11-1-10-22(12-13-23)17(24)14-6-8-20-9-7-14/h2-9H,1,10-13H2,(H,21,25). The maximum Gasteiger partial charge on any atom is 0.321 e. The van der Waals surface area contributed by atoms with Crippen LogP contribution in [-0.2, 0) is 0 Å². The Bertz CT molecular complexity index is 737. The van der Waals surface area contributed by atoms with E-state index in [9.17, 15) is 9.59 Å². The van der Waals surface area contributed by atoms with Gasteiger partial charge in [-0.15, -0.1) is 0 Å². The quantitative estimate of drug-likeness (QED) is 0.897. The number of amides is 3. The third kappa shape index (κ3) is 4.48. The molecule has 1 aromatic carbocycles. The van der Waals surface area contributed by atoms with Gasteiger partial charge in [-0.05, 0) is 42.8 Å². The van der Waals surface area contributed by atoms with Crippen LogP contribution in [0.4, 0.5) is 10.5 Å². The molecule has 0 radical (unpaired) electrons. The van der Waals surface area contributed by atoms with Gasteiger partial charge in [0.25, 0.3) is 5.91 Å². The SMILES string of the molecule is O=C(Nc1ccc(Cl)cc1)N1CCCN(C(=O)c2ccncc2)CC1. The number of nitrogens with one attached hydrogen (secondary N) is 1. The van der Waals surface area contributed by atoms with E-state index in [1.165, 1.54) is 0 Å². The van der Waals surface area contributed by atoms with E-state index in [0.29, 0.717) is 42.5 Å². The molecule has 1 aliphatic rings. The Balaban J connectivity index is 1.58. The minimum Gasteiger partial charge on any atom is -0.337 e. The third-order valence-corrected chi connectivity index (χ3v) is 4.35. The Hall–Kier alpha value is -2.60. The predicted molar refractivity (Wildman–Crippen MR) is 96.8 cm³/mol. The number of nitrogens with zero attached hydrogens (tertiary/aromatic N) is 3. The van der Waals surface area contributed by atoms with Gasteiger partial charge in [0.15, 0.2) is 0 Å². The number of rotatable bonds is 2. The Labute approximate surface area is 151 Å². The van der Waals surface area contributed by atoms with Crippen molar-refractivity contribution in [3.63, 3.8) is 0 Å². The lowest BCUT2D eigenvalue weighted by atomic mass is 10.2. The summed E-state index contributed by atoms with van der Waals surface area (Å²) in [5.74, 6) is -0.0256. The molecule has 0 atom stereocenters. The second-order valence-corrected chi connectivity index (χ2v) is 6.24. The molecule has 0 spiro atoms. The molecule has 3 amide bonds. The molecule has 1 aliphatic heterocycles. The van der Waals surface area contributed by atoms with E-state index in [4.69, 9.17) is 11.6 Å². The number of pyridine rings is 1. The summed E-state index contributed by atoms with van der Waals surface area (Å²) >= 11 is 5.85. The molecule has 0 aliphatic carbocycles. The largest absolute Gasteiger partial charge is 0.337 e. The van der Waals surface area contributed by atoms with E-state index in [-0.39, 0.29) is 11.9 Å². The molecule has 2 aromatic rings. The maximum atomic E-state index is 12.5. The lowest BCUT2D eigenvalue weighted by Crippen LogP contribution is -2.39. The lowest BCUT2D eigenvalue weighted by Gasteiger charge is -2.22. The van der Waals surface area contributed by atoms with Crippen molar-refractivity contribution in [2.45, 2.75) is 6.42 Å². The van der Waals surface area contributed by atoms with Crippen LogP contribution in [-0.4, -0.2) is 52.9 Å².